The van der Waals surface area contributed by atoms with Gasteiger partial charge in [0.15, 0.2) is 0 Å². The molecule has 1 N–H and O–H groups in total. The van der Waals surface area contributed by atoms with Crippen molar-refractivity contribution in [3.05, 3.63) is 0 Å². The molecular formula is C8H14ClNO2. The van der Waals surface area contributed by atoms with Crippen molar-refractivity contribution in [3.63, 3.8) is 0 Å². The number of esters is 1. The van der Waals surface area contributed by atoms with Crippen LogP contribution in [0.2, 0.25) is 0 Å². The van der Waals surface area contributed by atoms with Gasteiger partial charge in [0.2, 0.25) is 0 Å². The molecule has 1 aliphatic carbocycles. The Morgan fingerprint density at radius 2 is 2.25 bits per heavy atom. The maximum absolute atomic E-state index is 11.0. The van der Waals surface area contributed by atoms with E-state index in [1.807, 2.05) is 0 Å². The molecule has 3 atom stereocenters. The number of rotatable bonds is 1. The lowest BCUT2D eigenvalue weighted by Crippen LogP contribution is -2.34. The molecule has 0 amide bonds. The van der Waals surface area contributed by atoms with E-state index in [9.17, 15) is 4.79 Å². The lowest BCUT2D eigenvalue weighted by Gasteiger charge is -2.10. The van der Waals surface area contributed by atoms with Gasteiger partial charge >= 0.3 is 5.97 Å². The molecule has 2 aliphatic rings. The van der Waals surface area contributed by atoms with Gasteiger partial charge in [0.1, 0.15) is 6.04 Å². The van der Waals surface area contributed by atoms with Crippen LogP contribution in [-0.4, -0.2) is 25.2 Å². The van der Waals surface area contributed by atoms with Crippen molar-refractivity contribution in [1.82, 2.24) is 5.32 Å². The molecule has 0 bridgehead atoms. The van der Waals surface area contributed by atoms with Gasteiger partial charge in [-0.05, 0) is 18.3 Å². The summed E-state index contributed by atoms with van der Waals surface area (Å²) >= 11 is 0. The second-order valence-corrected chi connectivity index (χ2v) is 3.86. The molecule has 0 spiro atoms. The molecule has 0 aromatic carbocycles. The second kappa shape index (κ2) is 2.89. The molecule has 0 unspecified atom stereocenters. The van der Waals surface area contributed by atoms with Gasteiger partial charge in [-0.3, -0.25) is 4.79 Å². The van der Waals surface area contributed by atoms with Crippen LogP contribution in [0.15, 0.2) is 0 Å². The maximum atomic E-state index is 11.0. The zero-order chi connectivity index (χ0) is 8.06. The van der Waals surface area contributed by atoms with Crippen molar-refractivity contribution in [2.24, 2.45) is 5.41 Å². The first kappa shape index (κ1) is 9.81. The number of methoxy groups -OCH3 is 1. The monoisotopic (exact) mass is 191 g/mol. The summed E-state index contributed by atoms with van der Waals surface area (Å²) in [6.07, 6.45) is 2.17. The molecule has 1 heterocycles. The fraction of sp³-hybridized carbons (Fsp3) is 0.875. The van der Waals surface area contributed by atoms with Gasteiger partial charge in [-0.15, -0.1) is 12.4 Å². The molecule has 12 heavy (non-hydrogen) atoms. The third-order valence-corrected chi connectivity index (χ3v) is 2.91. The number of ether oxygens (including phenoxy) is 1. The smallest absolute Gasteiger partial charge is 0.322 e. The Balaban J connectivity index is 0.000000720. The Hall–Kier alpha value is -0.280. The number of carbonyl (C=O) groups is 1. The highest BCUT2D eigenvalue weighted by molar-refractivity contribution is 5.85. The zero-order valence-corrected chi connectivity index (χ0v) is 8.11. The molecule has 70 valence electrons. The third-order valence-electron chi connectivity index (χ3n) is 2.91. The number of nitrogens with one attached hydrogen (secondary N) is 1. The van der Waals surface area contributed by atoms with Gasteiger partial charge in [0, 0.05) is 6.04 Å². The number of halogens is 1. The van der Waals surface area contributed by atoms with Gasteiger partial charge < -0.3 is 10.1 Å². The van der Waals surface area contributed by atoms with E-state index in [0.29, 0.717) is 11.5 Å². The Bertz CT molecular complexity index is 209. The van der Waals surface area contributed by atoms with Crippen molar-refractivity contribution in [1.29, 1.82) is 0 Å². The van der Waals surface area contributed by atoms with Crippen molar-refractivity contribution in [2.75, 3.05) is 7.11 Å². The standard InChI is InChI=1S/C8H13NO2.ClH/c1-8-3-5(7(10)11-2)9-6(8)4-8;/h5-6,9H,3-4H2,1-2H3;1H/t5-,6-,8+;/m0./s1. The Kier molecular flexibility index (Phi) is 2.36. The molecule has 1 aliphatic heterocycles. The highest BCUT2D eigenvalue weighted by Crippen LogP contribution is 2.53. The highest BCUT2D eigenvalue weighted by atomic mass is 35.5. The van der Waals surface area contributed by atoms with Gasteiger partial charge in [0.25, 0.3) is 0 Å². The number of fused-ring (bicyclic) bond motifs is 1. The van der Waals surface area contributed by atoms with Crippen molar-refractivity contribution >= 4 is 18.4 Å². The van der Waals surface area contributed by atoms with Crippen LogP contribution in [0, 0.1) is 5.41 Å². The number of piperidine rings is 1. The summed E-state index contributed by atoms with van der Waals surface area (Å²) in [6.45, 7) is 2.22. The molecule has 0 aromatic heterocycles. The van der Waals surface area contributed by atoms with Gasteiger partial charge in [-0.2, -0.15) is 0 Å². The van der Waals surface area contributed by atoms with Crippen LogP contribution >= 0.6 is 12.4 Å². The van der Waals surface area contributed by atoms with E-state index in [-0.39, 0.29) is 24.4 Å². The molecule has 0 radical (unpaired) electrons. The average molecular weight is 192 g/mol. The van der Waals surface area contributed by atoms with Crippen molar-refractivity contribution < 1.29 is 9.53 Å². The van der Waals surface area contributed by atoms with Crippen LogP contribution < -0.4 is 5.32 Å². The van der Waals surface area contributed by atoms with E-state index in [1.165, 1.54) is 13.5 Å². The number of hydrogen-bond donors (Lipinski definition) is 1. The van der Waals surface area contributed by atoms with E-state index in [1.54, 1.807) is 0 Å². The maximum Gasteiger partial charge on any atom is 0.322 e. The summed E-state index contributed by atoms with van der Waals surface area (Å²) in [6, 6.07) is 0.537. The topological polar surface area (TPSA) is 38.3 Å². The van der Waals surface area contributed by atoms with Crippen LogP contribution in [0.5, 0.6) is 0 Å². The zero-order valence-electron chi connectivity index (χ0n) is 7.29. The fourth-order valence-corrected chi connectivity index (χ4v) is 1.95. The van der Waals surface area contributed by atoms with Gasteiger partial charge in [-0.1, -0.05) is 6.92 Å². The van der Waals surface area contributed by atoms with Crippen LogP contribution in [-0.2, 0) is 9.53 Å². The van der Waals surface area contributed by atoms with Crippen LogP contribution in [0.1, 0.15) is 19.8 Å². The predicted molar refractivity (Wildman–Crippen MR) is 47.3 cm³/mol. The first-order chi connectivity index (χ1) is 5.15. The minimum absolute atomic E-state index is 0. The lowest BCUT2D eigenvalue weighted by molar-refractivity contribution is -0.143. The summed E-state index contributed by atoms with van der Waals surface area (Å²) in [5.41, 5.74) is 0.402. The minimum Gasteiger partial charge on any atom is -0.468 e. The number of carbonyl (C=O) groups excluding carboxylic acids is 1. The summed E-state index contributed by atoms with van der Waals surface area (Å²) in [5, 5.41) is 3.24. The molecule has 2 rings (SSSR count). The van der Waals surface area contributed by atoms with Crippen LogP contribution in [0.25, 0.3) is 0 Å². The molecule has 2 fully saturated rings. The molecule has 0 aromatic rings. The average Bonchev–Trinajstić information content (AvgIpc) is 2.49. The third kappa shape index (κ3) is 1.31. The Labute approximate surface area is 78.3 Å². The first-order valence-electron chi connectivity index (χ1n) is 3.99. The Morgan fingerprint density at radius 3 is 2.67 bits per heavy atom. The predicted octanol–water partition coefficient (Wildman–Crippen LogP) is 0.722. The fourth-order valence-electron chi connectivity index (χ4n) is 1.95. The summed E-state index contributed by atoms with van der Waals surface area (Å²) in [5.74, 6) is -0.113. The lowest BCUT2D eigenvalue weighted by atomic mass is 10.0. The number of hydrogen-bond acceptors (Lipinski definition) is 3. The molecule has 3 nitrogen and oxygen atoms in total. The minimum atomic E-state index is -0.113. The van der Waals surface area contributed by atoms with E-state index in [4.69, 9.17) is 0 Å². The molecule has 1 saturated carbocycles. The van der Waals surface area contributed by atoms with E-state index >= 15 is 0 Å². The van der Waals surface area contributed by atoms with Crippen LogP contribution in [0.4, 0.5) is 0 Å². The molecule has 1 saturated heterocycles. The van der Waals surface area contributed by atoms with Crippen molar-refractivity contribution in [2.45, 2.75) is 31.8 Å². The van der Waals surface area contributed by atoms with E-state index in [2.05, 4.69) is 17.0 Å². The van der Waals surface area contributed by atoms with Gasteiger partial charge in [-0.25, -0.2) is 0 Å². The summed E-state index contributed by atoms with van der Waals surface area (Å²) < 4.78 is 4.65. The summed E-state index contributed by atoms with van der Waals surface area (Å²) in [7, 11) is 1.44. The molecule has 4 heteroatoms. The van der Waals surface area contributed by atoms with Crippen molar-refractivity contribution in [3.8, 4) is 0 Å². The highest BCUT2D eigenvalue weighted by Gasteiger charge is 2.58. The van der Waals surface area contributed by atoms with Crippen LogP contribution in [0.3, 0.4) is 0 Å². The van der Waals surface area contributed by atoms with E-state index in [0.717, 1.165) is 6.42 Å². The van der Waals surface area contributed by atoms with Gasteiger partial charge in [0.05, 0.1) is 7.11 Å². The SMILES string of the molecule is COC(=O)[C@@H]1C[C@]2(C)C[C@@H]2N1.Cl. The molecular weight excluding hydrogens is 178 g/mol. The largest absolute Gasteiger partial charge is 0.468 e. The van der Waals surface area contributed by atoms with E-state index < -0.39 is 0 Å². The Morgan fingerprint density at radius 1 is 1.58 bits per heavy atom. The summed E-state index contributed by atoms with van der Waals surface area (Å²) in [4.78, 5) is 11.0. The second-order valence-electron chi connectivity index (χ2n) is 3.86. The quantitative estimate of drug-likeness (QED) is 0.621. The first-order valence-corrected chi connectivity index (χ1v) is 3.99. The normalized spacial score (nSPS) is 42.8.